The van der Waals surface area contributed by atoms with Gasteiger partial charge in [0.1, 0.15) is 0 Å². The van der Waals surface area contributed by atoms with Crippen LogP contribution in [0.25, 0.3) is 0 Å². The molecule has 0 aromatic heterocycles. The molecule has 0 saturated carbocycles. The Morgan fingerprint density at radius 1 is 1.20 bits per heavy atom. The SMILES string of the molecule is OC1=C(O)O1. The van der Waals surface area contributed by atoms with Crippen LogP contribution in [0.5, 0.6) is 0 Å². The maximum Gasteiger partial charge on any atom is 0.370 e. The average molecular weight is 74.0 g/mol. The van der Waals surface area contributed by atoms with Gasteiger partial charge in [-0.2, -0.15) is 0 Å². The molecule has 0 aromatic rings. The van der Waals surface area contributed by atoms with Gasteiger partial charge in [-0.05, 0) is 0 Å². The van der Waals surface area contributed by atoms with Crippen LogP contribution in [-0.4, -0.2) is 10.2 Å². The zero-order valence-electron chi connectivity index (χ0n) is 2.30. The van der Waals surface area contributed by atoms with Gasteiger partial charge in [-0.25, -0.2) is 0 Å². The minimum absolute atomic E-state index is 0.356. The van der Waals surface area contributed by atoms with Gasteiger partial charge in [-0.1, -0.05) is 0 Å². The summed E-state index contributed by atoms with van der Waals surface area (Å²) in [6, 6.07) is 0. The van der Waals surface area contributed by atoms with Gasteiger partial charge in [0.25, 0.3) is 0 Å². The van der Waals surface area contributed by atoms with Crippen molar-refractivity contribution in [2.75, 3.05) is 0 Å². The lowest BCUT2D eigenvalue weighted by Gasteiger charge is -1.55. The van der Waals surface area contributed by atoms with Gasteiger partial charge in [0, 0.05) is 0 Å². The maximum absolute atomic E-state index is 7.84. The van der Waals surface area contributed by atoms with Crippen molar-refractivity contribution >= 4 is 0 Å². The summed E-state index contributed by atoms with van der Waals surface area (Å²) in [6.07, 6.45) is 0. The van der Waals surface area contributed by atoms with Crippen LogP contribution in [-0.2, 0) is 4.74 Å². The molecular weight excluding hydrogens is 72.0 g/mol. The van der Waals surface area contributed by atoms with E-state index in [1.54, 1.807) is 0 Å². The molecule has 0 radical (unpaired) electrons. The minimum Gasteiger partial charge on any atom is -0.475 e. The second-order valence-electron chi connectivity index (χ2n) is 0.712. The van der Waals surface area contributed by atoms with Crippen LogP contribution in [0.4, 0.5) is 0 Å². The zero-order valence-corrected chi connectivity index (χ0v) is 2.30. The summed E-state index contributed by atoms with van der Waals surface area (Å²) < 4.78 is 3.86. The van der Waals surface area contributed by atoms with Crippen molar-refractivity contribution in [1.29, 1.82) is 0 Å². The standard InChI is InChI=1S/C2H2O3/c3-1-2(4)5-1/h3-4H. The topological polar surface area (TPSA) is 53.0 Å². The summed E-state index contributed by atoms with van der Waals surface area (Å²) in [7, 11) is 0. The van der Waals surface area contributed by atoms with E-state index in [9.17, 15) is 0 Å². The molecule has 0 aromatic carbocycles. The Morgan fingerprint density at radius 2 is 1.40 bits per heavy atom. The molecule has 0 unspecified atom stereocenters. The molecule has 2 N–H and O–H groups in total. The Kier molecular flexibility index (Phi) is 0.182. The highest BCUT2D eigenvalue weighted by Crippen LogP contribution is 2.17. The van der Waals surface area contributed by atoms with E-state index >= 15 is 0 Å². The van der Waals surface area contributed by atoms with Crippen molar-refractivity contribution in [2.45, 2.75) is 0 Å². The average Bonchev–Trinajstić information content (AvgIpc) is 1.79. The lowest BCUT2D eigenvalue weighted by Crippen LogP contribution is -1.45. The number of aliphatic hydroxyl groups is 2. The normalized spacial score (nSPS) is 18.4. The van der Waals surface area contributed by atoms with Gasteiger partial charge in [0.05, 0.1) is 0 Å². The van der Waals surface area contributed by atoms with Crippen LogP contribution in [0.2, 0.25) is 0 Å². The van der Waals surface area contributed by atoms with Crippen LogP contribution in [0.3, 0.4) is 0 Å². The van der Waals surface area contributed by atoms with E-state index in [1.165, 1.54) is 0 Å². The van der Waals surface area contributed by atoms with Crippen molar-refractivity contribution in [2.24, 2.45) is 0 Å². The quantitative estimate of drug-likeness (QED) is 0.433. The second kappa shape index (κ2) is 0.381. The van der Waals surface area contributed by atoms with Gasteiger partial charge in [0.2, 0.25) is 0 Å². The molecular formula is C2H2O3. The fraction of sp³-hybridized carbons (Fsp3) is 0. The molecule has 1 heterocycles. The van der Waals surface area contributed by atoms with Crippen molar-refractivity contribution in [3.05, 3.63) is 11.9 Å². The van der Waals surface area contributed by atoms with Crippen molar-refractivity contribution in [3.8, 4) is 0 Å². The molecule has 1 rings (SSSR count). The second-order valence-corrected chi connectivity index (χ2v) is 0.712. The largest absolute Gasteiger partial charge is 0.475 e. The lowest BCUT2D eigenvalue weighted by atomic mass is 11.1. The van der Waals surface area contributed by atoms with E-state index < -0.39 is 0 Å². The first kappa shape index (κ1) is 2.38. The van der Waals surface area contributed by atoms with E-state index in [-0.39, 0.29) is 11.9 Å². The summed E-state index contributed by atoms with van der Waals surface area (Å²) >= 11 is 0. The van der Waals surface area contributed by atoms with Crippen LogP contribution in [0, 0.1) is 0 Å². The monoisotopic (exact) mass is 74.0 g/mol. The molecule has 28 valence electrons. The fourth-order valence-electron chi connectivity index (χ4n) is 0.0661. The Labute approximate surface area is 28.1 Å². The molecule has 3 heteroatoms. The van der Waals surface area contributed by atoms with Gasteiger partial charge < -0.3 is 14.9 Å². The summed E-state index contributed by atoms with van der Waals surface area (Å²) in [4.78, 5) is 0. The predicted octanol–water partition coefficient (Wildman–Crippen LogP) is 0.259. The first-order valence-electron chi connectivity index (χ1n) is 1.11. The first-order chi connectivity index (χ1) is 2.30. The van der Waals surface area contributed by atoms with Crippen molar-refractivity contribution < 1.29 is 14.9 Å². The molecule has 0 aliphatic carbocycles. The Bertz CT molecular complexity index is 72.9. The lowest BCUT2D eigenvalue weighted by molar-refractivity contribution is 0.226. The third-order valence-corrected chi connectivity index (χ3v) is 0.335. The molecule has 1 aliphatic rings. The van der Waals surface area contributed by atoms with E-state index in [4.69, 9.17) is 10.2 Å². The summed E-state index contributed by atoms with van der Waals surface area (Å²) in [6.45, 7) is 0. The fourth-order valence-corrected chi connectivity index (χ4v) is 0.0661. The van der Waals surface area contributed by atoms with E-state index in [0.29, 0.717) is 0 Å². The minimum atomic E-state index is -0.356. The van der Waals surface area contributed by atoms with Crippen LogP contribution < -0.4 is 0 Å². The number of rotatable bonds is 0. The van der Waals surface area contributed by atoms with Crippen LogP contribution in [0.15, 0.2) is 11.9 Å². The molecule has 5 heavy (non-hydrogen) atoms. The van der Waals surface area contributed by atoms with Crippen molar-refractivity contribution in [3.63, 3.8) is 0 Å². The Morgan fingerprint density at radius 3 is 1.40 bits per heavy atom. The Hall–Kier alpha value is -0.860. The smallest absolute Gasteiger partial charge is 0.370 e. The first-order valence-corrected chi connectivity index (χ1v) is 1.11. The molecule has 0 atom stereocenters. The molecule has 0 fully saturated rings. The van der Waals surface area contributed by atoms with Gasteiger partial charge in [-0.3, -0.25) is 0 Å². The highest BCUT2D eigenvalue weighted by Gasteiger charge is 2.22. The van der Waals surface area contributed by atoms with E-state index in [0.717, 1.165) is 0 Å². The molecule has 0 amide bonds. The molecule has 1 aliphatic heterocycles. The summed E-state index contributed by atoms with van der Waals surface area (Å²) in [5, 5.41) is 15.7. The maximum atomic E-state index is 7.84. The number of hydrogen-bond donors (Lipinski definition) is 2. The number of aliphatic hydroxyl groups excluding tert-OH is 2. The van der Waals surface area contributed by atoms with Crippen LogP contribution in [0.1, 0.15) is 0 Å². The van der Waals surface area contributed by atoms with Crippen molar-refractivity contribution in [1.82, 2.24) is 0 Å². The Balaban J connectivity index is 2.59. The summed E-state index contributed by atoms with van der Waals surface area (Å²) in [5.41, 5.74) is 0. The van der Waals surface area contributed by atoms with Gasteiger partial charge in [-0.15, -0.1) is 0 Å². The molecule has 0 saturated heterocycles. The predicted molar refractivity (Wildman–Crippen MR) is 13.4 cm³/mol. The molecule has 0 spiro atoms. The number of hydrogen-bond acceptors (Lipinski definition) is 3. The molecule has 3 nitrogen and oxygen atoms in total. The highest BCUT2D eigenvalue weighted by atomic mass is 16.7. The number of ether oxygens (including phenoxy) is 1. The van der Waals surface area contributed by atoms with Crippen LogP contribution >= 0.6 is 0 Å². The third kappa shape index (κ3) is 0.154. The van der Waals surface area contributed by atoms with Gasteiger partial charge in [0.15, 0.2) is 0 Å². The third-order valence-electron chi connectivity index (χ3n) is 0.335. The zero-order chi connectivity index (χ0) is 3.86. The molecule has 0 bridgehead atoms. The van der Waals surface area contributed by atoms with Gasteiger partial charge >= 0.3 is 11.9 Å². The van der Waals surface area contributed by atoms with E-state index in [2.05, 4.69) is 4.74 Å². The highest BCUT2D eigenvalue weighted by molar-refractivity contribution is 4.98. The summed E-state index contributed by atoms with van der Waals surface area (Å²) in [5.74, 6) is -0.713. The van der Waals surface area contributed by atoms with E-state index in [1.807, 2.05) is 0 Å².